The second-order valence-electron chi connectivity index (χ2n) is 6.51. The summed E-state index contributed by atoms with van der Waals surface area (Å²) >= 11 is 1.75. The number of thioether (sulfide) groups is 1. The van der Waals surface area contributed by atoms with Gasteiger partial charge in [0.2, 0.25) is 5.91 Å². The van der Waals surface area contributed by atoms with E-state index in [0.717, 1.165) is 28.3 Å². The van der Waals surface area contributed by atoms with Crippen LogP contribution in [0.5, 0.6) is 0 Å². The van der Waals surface area contributed by atoms with E-state index in [1.165, 1.54) is 0 Å². The molecule has 6 nitrogen and oxygen atoms in total. The number of carbonyl (C=O) groups is 2. The van der Waals surface area contributed by atoms with Gasteiger partial charge in [0.25, 0.3) is 5.91 Å². The fraction of sp³-hybridized carbons (Fsp3) is 0.190. The van der Waals surface area contributed by atoms with Crippen LogP contribution in [0.2, 0.25) is 0 Å². The van der Waals surface area contributed by atoms with Gasteiger partial charge in [-0.25, -0.2) is 4.68 Å². The molecule has 2 aromatic carbocycles. The minimum atomic E-state index is -0.203. The molecule has 3 aromatic rings. The molecule has 0 bridgehead atoms. The topological polar surface area (TPSA) is 76.0 Å². The Morgan fingerprint density at radius 2 is 1.71 bits per heavy atom. The first-order chi connectivity index (χ1) is 13.7. The molecule has 2 heterocycles. The first-order valence-corrected chi connectivity index (χ1v) is 10.2. The predicted molar refractivity (Wildman–Crippen MR) is 110 cm³/mol. The van der Waals surface area contributed by atoms with Gasteiger partial charge >= 0.3 is 0 Å². The zero-order valence-corrected chi connectivity index (χ0v) is 16.0. The first-order valence-electron chi connectivity index (χ1n) is 9.04. The van der Waals surface area contributed by atoms with Crippen molar-refractivity contribution < 1.29 is 9.59 Å². The van der Waals surface area contributed by atoms with E-state index in [1.807, 2.05) is 48.5 Å². The van der Waals surface area contributed by atoms with E-state index in [2.05, 4.69) is 15.7 Å². The van der Waals surface area contributed by atoms with Crippen LogP contribution in [-0.2, 0) is 29.4 Å². The van der Waals surface area contributed by atoms with Crippen LogP contribution in [0.15, 0.2) is 60.7 Å². The molecule has 28 heavy (non-hydrogen) atoms. The van der Waals surface area contributed by atoms with Crippen molar-refractivity contribution in [2.45, 2.75) is 24.6 Å². The van der Waals surface area contributed by atoms with Crippen molar-refractivity contribution in [2.24, 2.45) is 0 Å². The Balaban J connectivity index is 1.48. The Hall–Kier alpha value is -3.06. The molecule has 7 heteroatoms. The third-order valence-corrected chi connectivity index (χ3v) is 5.48. The number of carbonyl (C=O) groups excluding carboxylic acids is 2. The fourth-order valence-electron chi connectivity index (χ4n) is 3.08. The van der Waals surface area contributed by atoms with Crippen molar-refractivity contribution in [1.29, 1.82) is 0 Å². The van der Waals surface area contributed by atoms with Crippen LogP contribution in [0.25, 0.3) is 0 Å². The minimum Gasteiger partial charge on any atom is -0.350 e. The summed E-state index contributed by atoms with van der Waals surface area (Å²) in [5.74, 6) is 1.84. The average Bonchev–Trinajstić information content (AvgIpc) is 3.30. The molecular formula is C21H20N4O2S. The maximum Gasteiger partial charge on any atom is 0.256 e. The van der Waals surface area contributed by atoms with Crippen LogP contribution in [0.4, 0.5) is 5.82 Å². The van der Waals surface area contributed by atoms with Crippen molar-refractivity contribution in [3.8, 4) is 0 Å². The summed E-state index contributed by atoms with van der Waals surface area (Å²) in [5, 5.41) is 10.4. The number of hydrogen-bond donors (Lipinski definition) is 2. The van der Waals surface area contributed by atoms with Crippen LogP contribution in [0.1, 0.15) is 27.2 Å². The number of fused-ring (bicyclic) bond motifs is 1. The van der Waals surface area contributed by atoms with E-state index in [0.29, 0.717) is 17.9 Å². The number of nitrogens with one attached hydrogen (secondary N) is 2. The van der Waals surface area contributed by atoms with Crippen molar-refractivity contribution in [1.82, 2.24) is 15.1 Å². The highest BCUT2D eigenvalue weighted by Gasteiger charge is 2.25. The van der Waals surface area contributed by atoms with E-state index in [4.69, 9.17) is 0 Å². The Labute approximate surface area is 167 Å². The molecule has 0 fully saturated rings. The molecule has 1 aromatic heterocycles. The number of hydrogen-bond acceptors (Lipinski definition) is 4. The fourth-order valence-corrected chi connectivity index (χ4v) is 4.11. The molecule has 4 rings (SSSR count). The lowest BCUT2D eigenvalue weighted by Crippen LogP contribution is -2.28. The second kappa shape index (κ2) is 8.31. The van der Waals surface area contributed by atoms with Gasteiger partial charge in [0, 0.05) is 29.2 Å². The summed E-state index contributed by atoms with van der Waals surface area (Å²) in [6.45, 7) is 0.525. The summed E-state index contributed by atoms with van der Waals surface area (Å²) < 4.78 is 1.60. The normalized spacial score (nSPS) is 12.4. The molecule has 0 unspecified atom stereocenters. The van der Waals surface area contributed by atoms with Crippen molar-refractivity contribution >= 4 is 29.4 Å². The Kier molecular flexibility index (Phi) is 5.43. The van der Waals surface area contributed by atoms with Crippen molar-refractivity contribution in [3.63, 3.8) is 0 Å². The van der Waals surface area contributed by atoms with Crippen LogP contribution in [0, 0.1) is 0 Å². The van der Waals surface area contributed by atoms with Gasteiger partial charge in [0.1, 0.15) is 12.4 Å². The average molecular weight is 392 g/mol. The number of amides is 2. The van der Waals surface area contributed by atoms with E-state index < -0.39 is 0 Å². The number of benzene rings is 2. The standard InChI is InChI=1S/C21H20N4O2S/c26-19(22-11-15-7-3-1-4-8-15)12-25-20(17-13-28-14-18(17)24-25)23-21(27)16-9-5-2-6-10-16/h1-10H,11-14H2,(H,22,26)(H,23,27). The molecule has 0 spiro atoms. The monoisotopic (exact) mass is 392 g/mol. The number of nitrogens with zero attached hydrogens (tertiary/aromatic N) is 2. The highest BCUT2D eigenvalue weighted by atomic mass is 32.2. The van der Waals surface area contributed by atoms with Crippen LogP contribution in [0.3, 0.4) is 0 Å². The Morgan fingerprint density at radius 1 is 1.00 bits per heavy atom. The highest BCUT2D eigenvalue weighted by Crippen LogP contribution is 2.34. The highest BCUT2D eigenvalue weighted by molar-refractivity contribution is 7.98. The molecule has 0 aliphatic carbocycles. The molecule has 1 aliphatic heterocycles. The zero-order valence-electron chi connectivity index (χ0n) is 15.2. The second-order valence-corrected chi connectivity index (χ2v) is 7.49. The first kappa shape index (κ1) is 18.3. The van der Waals surface area contributed by atoms with Crippen molar-refractivity contribution in [3.05, 3.63) is 83.0 Å². The Bertz CT molecular complexity index is 986. The number of rotatable bonds is 6. The lowest BCUT2D eigenvalue weighted by atomic mass is 10.2. The summed E-state index contributed by atoms with van der Waals surface area (Å²) in [4.78, 5) is 25.0. The van der Waals surface area contributed by atoms with Gasteiger partial charge in [0.05, 0.1) is 5.69 Å². The number of aromatic nitrogens is 2. The molecule has 2 N–H and O–H groups in total. The van der Waals surface area contributed by atoms with Gasteiger partial charge in [-0.05, 0) is 17.7 Å². The molecule has 0 saturated heterocycles. The van der Waals surface area contributed by atoms with Gasteiger partial charge in [-0.2, -0.15) is 16.9 Å². The molecule has 2 amide bonds. The van der Waals surface area contributed by atoms with E-state index in [-0.39, 0.29) is 18.4 Å². The zero-order chi connectivity index (χ0) is 19.3. The maximum absolute atomic E-state index is 12.6. The van der Waals surface area contributed by atoms with Crippen LogP contribution in [-0.4, -0.2) is 21.6 Å². The quantitative estimate of drug-likeness (QED) is 0.675. The third kappa shape index (κ3) is 4.09. The predicted octanol–water partition coefficient (Wildman–Crippen LogP) is 3.20. The van der Waals surface area contributed by atoms with Gasteiger partial charge in [-0.3, -0.25) is 9.59 Å². The van der Waals surface area contributed by atoms with Crippen LogP contribution >= 0.6 is 11.8 Å². The molecule has 142 valence electrons. The summed E-state index contributed by atoms with van der Waals surface area (Å²) in [5.41, 5.74) is 3.55. The molecule has 0 radical (unpaired) electrons. The SMILES string of the molecule is O=C(Cn1nc2c(c1NC(=O)c1ccccc1)CSC2)NCc1ccccc1. The summed E-state index contributed by atoms with van der Waals surface area (Å²) in [7, 11) is 0. The molecule has 0 atom stereocenters. The largest absolute Gasteiger partial charge is 0.350 e. The van der Waals surface area contributed by atoms with E-state index in [9.17, 15) is 9.59 Å². The van der Waals surface area contributed by atoms with Gasteiger partial charge in [-0.15, -0.1) is 0 Å². The lowest BCUT2D eigenvalue weighted by molar-refractivity contribution is -0.122. The smallest absolute Gasteiger partial charge is 0.256 e. The Morgan fingerprint density at radius 3 is 2.46 bits per heavy atom. The molecule has 1 aliphatic rings. The van der Waals surface area contributed by atoms with E-state index >= 15 is 0 Å². The van der Waals surface area contributed by atoms with Gasteiger partial charge < -0.3 is 10.6 Å². The summed E-state index contributed by atoms with van der Waals surface area (Å²) in [6, 6.07) is 18.8. The maximum atomic E-state index is 12.6. The van der Waals surface area contributed by atoms with Crippen molar-refractivity contribution in [2.75, 3.05) is 5.32 Å². The molecule has 0 saturated carbocycles. The van der Waals surface area contributed by atoms with Crippen LogP contribution < -0.4 is 10.6 Å². The van der Waals surface area contributed by atoms with Gasteiger partial charge in [-0.1, -0.05) is 48.5 Å². The minimum absolute atomic E-state index is 0.0644. The van der Waals surface area contributed by atoms with Gasteiger partial charge in [0.15, 0.2) is 0 Å². The summed E-state index contributed by atoms with van der Waals surface area (Å²) in [6.07, 6.45) is 0. The molecular weight excluding hydrogens is 372 g/mol. The lowest BCUT2D eigenvalue weighted by Gasteiger charge is -2.11. The third-order valence-electron chi connectivity index (χ3n) is 4.51. The number of anilines is 1. The van der Waals surface area contributed by atoms with E-state index in [1.54, 1.807) is 28.6 Å².